The number of nitrogens with one attached hydrogen (secondary N) is 3. The second-order valence-corrected chi connectivity index (χ2v) is 7.28. The van der Waals surface area contributed by atoms with Crippen molar-refractivity contribution in [2.24, 2.45) is 10.9 Å². The van der Waals surface area contributed by atoms with Crippen LogP contribution in [0.15, 0.2) is 29.3 Å². The van der Waals surface area contributed by atoms with E-state index in [4.69, 9.17) is 9.47 Å². The van der Waals surface area contributed by atoms with Crippen LogP contribution in [0, 0.1) is 5.92 Å². The van der Waals surface area contributed by atoms with E-state index < -0.39 is 0 Å². The minimum atomic E-state index is 0. The van der Waals surface area contributed by atoms with E-state index in [9.17, 15) is 4.79 Å². The molecule has 1 aromatic carbocycles. The summed E-state index contributed by atoms with van der Waals surface area (Å²) in [5, 5.41) is 9.54. The van der Waals surface area contributed by atoms with E-state index in [1.54, 1.807) is 0 Å². The second-order valence-electron chi connectivity index (χ2n) is 7.28. The Morgan fingerprint density at radius 1 is 1.30 bits per heavy atom. The van der Waals surface area contributed by atoms with Gasteiger partial charge in [0.2, 0.25) is 5.91 Å². The van der Waals surface area contributed by atoms with Gasteiger partial charge in [-0.25, -0.2) is 4.99 Å². The number of carbonyl (C=O) groups excluding carboxylic acids is 1. The number of hydrogen-bond acceptors (Lipinski definition) is 4. The molecule has 0 saturated carbocycles. The van der Waals surface area contributed by atoms with Crippen LogP contribution in [0.4, 0.5) is 5.69 Å². The largest absolute Gasteiger partial charge is 0.381 e. The van der Waals surface area contributed by atoms with Crippen molar-refractivity contribution in [2.45, 2.75) is 46.1 Å². The van der Waals surface area contributed by atoms with Crippen molar-refractivity contribution in [3.8, 4) is 0 Å². The number of amides is 1. The van der Waals surface area contributed by atoms with Gasteiger partial charge in [0.15, 0.2) is 5.96 Å². The summed E-state index contributed by atoms with van der Waals surface area (Å²) >= 11 is 0. The minimum Gasteiger partial charge on any atom is -0.381 e. The van der Waals surface area contributed by atoms with Gasteiger partial charge in [0, 0.05) is 44.3 Å². The van der Waals surface area contributed by atoms with Crippen LogP contribution in [0.25, 0.3) is 0 Å². The Balaban J connectivity index is 0.00000450. The lowest BCUT2D eigenvalue weighted by atomic mass is 10.1. The molecule has 7 nitrogen and oxygen atoms in total. The van der Waals surface area contributed by atoms with Crippen LogP contribution in [0.2, 0.25) is 0 Å². The molecule has 3 N–H and O–H groups in total. The summed E-state index contributed by atoms with van der Waals surface area (Å²) in [4.78, 5) is 16.4. The molecular formula is C22H37IN4O3. The molecule has 30 heavy (non-hydrogen) atoms. The third-order valence-corrected chi connectivity index (χ3v) is 4.59. The zero-order valence-corrected chi connectivity index (χ0v) is 20.6. The number of anilines is 1. The van der Waals surface area contributed by atoms with E-state index in [2.05, 4.69) is 20.9 Å². The summed E-state index contributed by atoms with van der Waals surface area (Å²) in [6.45, 7) is 9.43. The first-order chi connectivity index (χ1) is 14.2. The fourth-order valence-corrected chi connectivity index (χ4v) is 3.06. The molecule has 1 aromatic rings. The number of carbonyl (C=O) groups is 1. The first-order valence-electron chi connectivity index (χ1n) is 10.8. The highest BCUT2D eigenvalue weighted by atomic mass is 127. The number of nitrogens with zero attached hydrogens (tertiary/aromatic N) is 1. The van der Waals surface area contributed by atoms with E-state index in [1.165, 1.54) is 0 Å². The van der Waals surface area contributed by atoms with Crippen LogP contribution in [0.5, 0.6) is 0 Å². The Kier molecular flexibility index (Phi) is 14.5. The molecule has 170 valence electrons. The standard InChI is InChI=1S/C22H36N4O3.HI/c1-3-7-21(27)26-20-9-5-8-18(14-20)15-25-22(23-4-2)24-11-6-12-28-16-19-10-13-29-17-19;/h5,8-9,14,19H,3-4,6-7,10-13,15-17H2,1-2H3,(H,26,27)(H2,23,24,25);1H. The van der Waals surface area contributed by atoms with Gasteiger partial charge in [0.05, 0.1) is 19.8 Å². The maximum atomic E-state index is 11.8. The van der Waals surface area contributed by atoms with Crippen LogP contribution in [0.3, 0.4) is 0 Å². The molecule has 2 rings (SSSR count). The maximum absolute atomic E-state index is 11.8. The number of rotatable bonds is 12. The first-order valence-corrected chi connectivity index (χ1v) is 10.8. The highest BCUT2D eigenvalue weighted by molar-refractivity contribution is 14.0. The predicted molar refractivity (Wildman–Crippen MR) is 133 cm³/mol. The van der Waals surface area contributed by atoms with E-state index in [-0.39, 0.29) is 29.9 Å². The molecule has 1 aliphatic rings. The van der Waals surface area contributed by atoms with E-state index >= 15 is 0 Å². The van der Waals surface area contributed by atoms with Crippen molar-refractivity contribution in [2.75, 3.05) is 44.8 Å². The monoisotopic (exact) mass is 532 g/mol. The van der Waals surface area contributed by atoms with Crippen molar-refractivity contribution < 1.29 is 14.3 Å². The Hall–Kier alpha value is -1.39. The predicted octanol–water partition coefficient (Wildman–Crippen LogP) is 3.54. The fraction of sp³-hybridized carbons (Fsp3) is 0.636. The Bertz CT molecular complexity index is 637. The average Bonchev–Trinajstić information content (AvgIpc) is 3.22. The minimum absolute atomic E-state index is 0. The van der Waals surface area contributed by atoms with Gasteiger partial charge in [-0.15, -0.1) is 24.0 Å². The molecule has 1 amide bonds. The van der Waals surface area contributed by atoms with E-state index in [1.807, 2.05) is 38.1 Å². The van der Waals surface area contributed by atoms with Gasteiger partial charge in [-0.2, -0.15) is 0 Å². The summed E-state index contributed by atoms with van der Waals surface area (Å²) in [6, 6.07) is 7.84. The molecule has 0 spiro atoms. The van der Waals surface area contributed by atoms with Gasteiger partial charge in [-0.05, 0) is 43.9 Å². The summed E-state index contributed by atoms with van der Waals surface area (Å²) in [5.74, 6) is 1.40. The molecule has 1 atom stereocenters. The number of halogens is 1. The normalized spacial score (nSPS) is 16.1. The van der Waals surface area contributed by atoms with Gasteiger partial charge in [-0.3, -0.25) is 4.79 Å². The zero-order chi connectivity index (χ0) is 20.7. The summed E-state index contributed by atoms with van der Waals surface area (Å²) in [6.07, 6.45) is 3.42. The number of guanidine groups is 1. The molecule has 1 fully saturated rings. The lowest BCUT2D eigenvalue weighted by molar-refractivity contribution is -0.116. The second kappa shape index (κ2) is 16.3. The van der Waals surface area contributed by atoms with Crippen molar-refractivity contribution in [1.82, 2.24) is 10.6 Å². The van der Waals surface area contributed by atoms with Crippen LogP contribution in [0.1, 0.15) is 45.1 Å². The molecule has 0 radical (unpaired) electrons. The Morgan fingerprint density at radius 2 is 2.17 bits per heavy atom. The van der Waals surface area contributed by atoms with Gasteiger partial charge < -0.3 is 25.4 Å². The topological polar surface area (TPSA) is 84.0 Å². The van der Waals surface area contributed by atoms with Crippen LogP contribution in [-0.2, 0) is 20.8 Å². The third kappa shape index (κ3) is 11.1. The smallest absolute Gasteiger partial charge is 0.224 e. The summed E-state index contributed by atoms with van der Waals surface area (Å²) in [7, 11) is 0. The highest BCUT2D eigenvalue weighted by Crippen LogP contribution is 2.13. The first kappa shape index (κ1) is 26.6. The van der Waals surface area contributed by atoms with Crippen molar-refractivity contribution in [3.05, 3.63) is 29.8 Å². The molecular weight excluding hydrogens is 495 g/mol. The van der Waals surface area contributed by atoms with Gasteiger partial charge in [0.25, 0.3) is 0 Å². The van der Waals surface area contributed by atoms with Crippen molar-refractivity contribution >= 4 is 41.5 Å². The Labute approximate surface area is 197 Å². The van der Waals surface area contributed by atoms with Gasteiger partial charge in [-0.1, -0.05) is 19.1 Å². The van der Waals surface area contributed by atoms with E-state index in [0.29, 0.717) is 18.9 Å². The summed E-state index contributed by atoms with van der Waals surface area (Å²) < 4.78 is 11.1. The van der Waals surface area contributed by atoms with Gasteiger partial charge >= 0.3 is 0 Å². The molecule has 1 unspecified atom stereocenters. The molecule has 8 heteroatoms. The molecule has 1 heterocycles. The van der Waals surface area contributed by atoms with Crippen LogP contribution in [-0.4, -0.2) is 51.4 Å². The average molecular weight is 532 g/mol. The van der Waals surface area contributed by atoms with Crippen LogP contribution < -0.4 is 16.0 Å². The van der Waals surface area contributed by atoms with Crippen molar-refractivity contribution in [3.63, 3.8) is 0 Å². The fourth-order valence-electron chi connectivity index (χ4n) is 3.06. The zero-order valence-electron chi connectivity index (χ0n) is 18.2. The lowest BCUT2D eigenvalue weighted by Gasteiger charge is -2.12. The highest BCUT2D eigenvalue weighted by Gasteiger charge is 2.15. The number of hydrogen-bond donors (Lipinski definition) is 3. The van der Waals surface area contributed by atoms with E-state index in [0.717, 1.165) is 76.0 Å². The number of aliphatic imine (C=N–C) groups is 1. The maximum Gasteiger partial charge on any atom is 0.224 e. The SMILES string of the molecule is CCCC(=O)Nc1cccc(CN=C(NCC)NCCCOCC2CCOC2)c1.I. The molecule has 0 aromatic heterocycles. The molecule has 1 aliphatic heterocycles. The number of ether oxygens (including phenoxy) is 2. The molecule has 1 saturated heterocycles. The van der Waals surface area contributed by atoms with Crippen LogP contribution >= 0.6 is 24.0 Å². The quantitative estimate of drug-likeness (QED) is 0.166. The molecule has 0 bridgehead atoms. The summed E-state index contributed by atoms with van der Waals surface area (Å²) in [5.41, 5.74) is 1.87. The Morgan fingerprint density at radius 3 is 2.90 bits per heavy atom. The number of benzene rings is 1. The molecule has 0 aliphatic carbocycles. The third-order valence-electron chi connectivity index (χ3n) is 4.59. The van der Waals surface area contributed by atoms with Gasteiger partial charge in [0.1, 0.15) is 0 Å². The van der Waals surface area contributed by atoms with Crippen molar-refractivity contribution in [1.29, 1.82) is 0 Å². The lowest BCUT2D eigenvalue weighted by Crippen LogP contribution is -2.38.